The van der Waals surface area contributed by atoms with Crippen molar-refractivity contribution < 1.29 is 22.8 Å². The Balaban J connectivity index is 1.69. The Kier molecular flexibility index (Phi) is 6.44. The fourth-order valence-electron chi connectivity index (χ4n) is 5.27. The normalized spacial score (nSPS) is 16.4. The first-order chi connectivity index (χ1) is 18.3. The molecule has 1 atom stereocenters. The molecule has 0 fully saturated rings. The number of anilines is 2. The summed E-state index contributed by atoms with van der Waals surface area (Å²) in [7, 11) is 0. The molecule has 192 valence electrons. The number of aromatic nitrogens is 2. The van der Waals surface area contributed by atoms with Crippen molar-refractivity contribution in [3.63, 3.8) is 0 Å². The average Bonchev–Trinajstić information content (AvgIpc) is 3.16. The van der Waals surface area contributed by atoms with Crippen LogP contribution in [-0.4, -0.2) is 28.3 Å². The summed E-state index contributed by atoms with van der Waals surface area (Å²) >= 11 is 0. The maximum atomic E-state index is 14.6. The van der Waals surface area contributed by atoms with Crippen molar-refractivity contribution in [2.75, 3.05) is 16.8 Å². The smallest absolute Gasteiger partial charge is 0.244 e. The van der Waals surface area contributed by atoms with Crippen LogP contribution in [0.2, 0.25) is 0 Å². The molecule has 1 aliphatic heterocycles. The molecule has 0 aliphatic carbocycles. The lowest BCUT2D eigenvalue weighted by Gasteiger charge is -2.31. The maximum absolute atomic E-state index is 14.6. The molecule has 2 heterocycles. The van der Waals surface area contributed by atoms with Gasteiger partial charge in [0.15, 0.2) is 11.6 Å². The van der Waals surface area contributed by atoms with Gasteiger partial charge in [-0.1, -0.05) is 31.2 Å². The molecule has 1 unspecified atom stereocenters. The lowest BCUT2D eigenvalue weighted by atomic mass is 9.69. The van der Waals surface area contributed by atoms with Crippen LogP contribution in [0.4, 0.5) is 24.5 Å². The molecule has 0 saturated heterocycles. The molecule has 0 spiro atoms. The van der Waals surface area contributed by atoms with Crippen LogP contribution in [-0.2, 0) is 15.0 Å². The molecular weight excluding hydrogens is 493 g/mol. The second kappa shape index (κ2) is 9.74. The molecule has 4 aromatic rings. The molecular formula is C29H23F3N4O2. The number of carbonyl (C=O) groups excluding carboxylic acids is 2. The Morgan fingerprint density at radius 3 is 2.39 bits per heavy atom. The number of hydrogen-bond donors (Lipinski definition) is 1. The zero-order valence-corrected chi connectivity index (χ0v) is 20.6. The van der Waals surface area contributed by atoms with E-state index in [1.54, 1.807) is 50.5 Å². The van der Waals surface area contributed by atoms with Crippen molar-refractivity contribution in [3.8, 4) is 11.1 Å². The highest BCUT2D eigenvalue weighted by molar-refractivity contribution is 6.15. The third-order valence-corrected chi connectivity index (χ3v) is 6.95. The molecule has 6 nitrogen and oxygen atoms in total. The minimum Gasteiger partial charge on any atom is -0.322 e. The van der Waals surface area contributed by atoms with Crippen molar-refractivity contribution in [2.45, 2.75) is 25.7 Å². The van der Waals surface area contributed by atoms with Gasteiger partial charge in [0.1, 0.15) is 24.1 Å². The third-order valence-electron chi connectivity index (χ3n) is 6.95. The van der Waals surface area contributed by atoms with Gasteiger partial charge in [-0.3, -0.25) is 9.59 Å². The van der Waals surface area contributed by atoms with Crippen LogP contribution in [0.15, 0.2) is 73.3 Å². The van der Waals surface area contributed by atoms with Crippen molar-refractivity contribution in [1.29, 1.82) is 0 Å². The molecule has 0 saturated carbocycles. The van der Waals surface area contributed by atoms with Crippen LogP contribution in [0.25, 0.3) is 11.1 Å². The largest absolute Gasteiger partial charge is 0.322 e. The Morgan fingerprint density at radius 2 is 1.68 bits per heavy atom. The summed E-state index contributed by atoms with van der Waals surface area (Å²) in [5.74, 6) is -3.80. The third kappa shape index (κ3) is 4.00. The van der Waals surface area contributed by atoms with E-state index in [9.17, 15) is 22.8 Å². The molecule has 0 bridgehead atoms. The fraction of sp³-hybridized carbons (Fsp3) is 0.172. The lowest BCUT2D eigenvalue weighted by molar-refractivity contribution is -0.124. The van der Waals surface area contributed by atoms with Gasteiger partial charge < -0.3 is 10.2 Å². The van der Waals surface area contributed by atoms with Gasteiger partial charge >= 0.3 is 0 Å². The van der Waals surface area contributed by atoms with Crippen LogP contribution in [0.1, 0.15) is 30.0 Å². The summed E-state index contributed by atoms with van der Waals surface area (Å²) in [5.41, 5.74) is 1.46. The Hall–Kier alpha value is -4.53. The fourth-order valence-corrected chi connectivity index (χ4v) is 5.27. The van der Waals surface area contributed by atoms with Gasteiger partial charge in [0, 0.05) is 29.2 Å². The van der Waals surface area contributed by atoms with E-state index in [0.717, 1.165) is 12.1 Å². The molecule has 0 radical (unpaired) electrons. The number of rotatable bonds is 6. The van der Waals surface area contributed by atoms with Crippen LogP contribution in [0, 0.1) is 24.4 Å². The Bertz CT molecular complexity index is 1560. The maximum Gasteiger partial charge on any atom is 0.244 e. The van der Waals surface area contributed by atoms with Gasteiger partial charge in [0.25, 0.3) is 0 Å². The van der Waals surface area contributed by atoms with E-state index in [-0.39, 0.29) is 12.1 Å². The van der Waals surface area contributed by atoms with E-state index in [2.05, 4.69) is 15.3 Å². The zero-order chi connectivity index (χ0) is 27.0. The van der Waals surface area contributed by atoms with E-state index >= 15 is 0 Å². The van der Waals surface area contributed by atoms with Crippen molar-refractivity contribution >= 4 is 23.2 Å². The number of halogens is 3. The highest BCUT2D eigenvalue weighted by atomic mass is 19.2. The number of fused-ring (bicyclic) bond motifs is 1. The van der Waals surface area contributed by atoms with E-state index in [1.807, 2.05) is 0 Å². The van der Waals surface area contributed by atoms with Crippen molar-refractivity contribution in [2.24, 2.45) is 0 Å². The standard InChI is InChI=1S/C29H23F3N4O2/c1-3-29(20-12-23(32)22(31)11-17(20)2)27-19(18-13-33-16-34-14-18)7-6-10-25(27)36(28(29)38)15-26(37)35-24-9-5-4-8-21(24)30/h4-14,16H,3,15H2,1-2H3,(H,35,37). The van der Waals surface area contributed by atoms with Gasteiger partial charge in [-0.2, -0.15) is 0 Å². The first-order valence-electron chi connectivity index (χ1n) is 12.0. The molecule has 9 heteroatoms. The first-order valence-corrected chi connectivity index (χ1v) is 12.0. The van der Waals surface area contributed by atoms with Crippen LogP contribution in [0.3, 0.4) is 0 Å². The van der Waals surface area contributed by atoms with E-state index < -0.39 is 41.2 Å². The Labute approximate surface area is 217 Å². The number of nitrogens with one attached hydrogen (secondary N) is 1. The summed E-state index contributed by atoms with van der Waals surface area (Å²) in [6, 6.07) is 13.1. The quantitative estimate of drug-likeness (QED) is 0.365. The minimum absolute atomic E-state index is 0.0160. The summed E-state index contributed by atoms with van der Waals surface area (Å²) in [6.07, 6.45) is 4.77. The topological polar surface area (TPSA) is 75.2 Å². The summed E-state index contributed by atoms with van der Waals surface area (Å²) in [4.78, 5) is 36.9. The minimum atomic E-state index is -1.43. The summed E-state index contributed by atoms with van der Waals surface area (Å²) in [5, 5.41) is 2.51. The molecule has 5 rings (SSSR count). The lowest BCUT2D eigenvalue weighted by Crippen LogP contribution is -2.44. The highest BCUT2D eigenvalue weighted by Gasteiger charge is 2.53. The number of nitrogens with zero attached hydrogens (tertiary/aromatic N) is 3. The van der Waals surface area contributed by atoms with Gasteiger partial charge in [-0.05, 0) is 60.4 Å². The first kappa shape index (κ1) is 25.1. The highest BCUT2D eigenvalue weighted by Crippen LogP contribution is 2.52. The molecule has 1 aromatic heterocycles. The number of benzene rings is 3. The monoisotopic (exact) mass is 516 g/mol. The summed E-state index contributed by atoms with van der Waals surface area (Å²) < 4.78 is 42.9. The van der Waals surface area contributed by atoms with Gasteiger partial charge in [0.2, 0.25) is 11.8 Å². The number of amides is 2. The zero-order valence-electron chi connectivity index (χ0n) is 20.6. The van der Waals surface area contributed by atoms with Crippen molar-refractivity contribution in [3.05, 3.63) is 107 Å². The van der Waals surface area contributed by atoms with Crippen LogP contribution >= 0.6 is 0 Å². The van der Waals surface area contributed by atoms with E-state index in [1.165, 1.54) is 29.4 Å². The predicted molar refractivity (Wildman–Crippen MR) is 137 cm³/mol. The molecule has 1 N–H and O–H groups in total. The van der Waals surface area contributed by atoms with E-state index in [0.29, 0.717) is 33.5 Å². The van der Waals surface area contributed by atoms with Crippen LogP contribution < -0.4 is 10.2 Å². The number of hydrogen-bond acceptors (Lipinski definition) is 4. The van der Waals surface area contributed by atoms with Gasteiger partial charge in [0.05, 0.1) is 5.69 Å². The van der Waals surface area contributed by atoms with Crippen molar-refractivity contribution in [1.82, 2.24) is 9.97 Å². The van der Waals surface area contributed by atoms with E-state index in [4.69, 9.17) is 0 Å². The second-order valence-electron chi connectivity index (χ2n) is 9.09. The van der Waals surface area contributed by atoms with Crippen LogP contribution in [0.5, 0.6) is 0 Å². The predicted octanol–water partition coefficient (Wildman–Crippen LogP) is 5.55. The molecule has 38 heavy (non-hydrogen) atoms. The molecule has 1 aliphatic rings. The average molecular weight is 517 g/mol. The number of aryl methyl sites for hydroxylation is 1. The molecule has 2 amide bonds. The second-order valence-corrected chi connectivity index (χ2v) is 9.09. The Morgan fingerprint density at radius 1 is 0.974 bits per heavy atom. The number of carbonyl (C=O) groups is 2. The molecule has 3 aromatic carbocycles. The number of para-hydroxylation sites is 1. The summed E-state index contributed by atoms with van der Waals surface area (Å²) in [6.45, 7) is 2.98. The SMILES string of the molecule is CCC1(c2cc(F)c(F)cc2C)C(=O)N(CC(=O)Nc2ccccc2F)c2cccc(-c3cncnc3)c21. The van der Waals surface area contributed by atoms with Gasteiger partial charge in [-0.15, -0.1) is 0 Å². The van der Waals surface area contributed by atoms with Gasteiger partial charge in [-0.25, -0.2) is 23.1 Å².